The summed E-state index contributed by atoms with van der Waals surface area (Å²) in [6, 6.07) is 5.52. The summed E-state index contributed by atoms with van der Waals surface area (Å²) < 4.78 is 5.52. The maximum Gasteiger partial charge on any atom is 0.254 e. The van der Waals surface area contributed by atoms with Crippen molar-refractivity contribution in [3.8, 4) is 5.75 Å². The van der Waals surface area contributed by atoms with E-state index in [4.69, 9.17) is 4.74 Å². The van der Waals surface area contributed by atoms with Gasteiger partial charge in [0, 0.05) is 18.7 Å². The molecule has 1 aliphatic rings. The highest BCUT2D eigenvalue weighted by molar-refractivity contribution is 5.94. The minimum Gasteiger partial charge on any atom is -0.494 e. The van der Waals surface area contributed by atoms with Crippen molar-refractivity contribution in [2.45, 2.75) is 32.8 Å². The Kier molecular flexibility index (Phi) is 4.43. The lowest BCUT2D eigenvalue weighted by molar-refractivity contribution is 0.0473. The van der Waals surface area contributed by atoms with Crippen LogP contribution in [-0.4, -0.2) is 41.7 Å². The van der Waals surface area contributed by atoms with Crippen molar-refractivity contribution < 1.29 is 14.6 Å². The van der Waals surface area contributed by atoms with Gasteiger partial charge in [0.05, 0.1) is 12.7 Å². The zero-order valence-electron chi connectivity index (χ0n) is 11.6. The van der Waals surface area contributed by atoms with Gasteiger partial charge < -0.3 is 14.7 Å². The number of piperidine rings is 1. The zero-order chi connectivity index (χ0) is 13.8. The lowest BCUT2D eigenvalue weighted by Gasteiger charge is -2.30. The SMILES string of the molecule is CCOc1cc(C(=O)N2CCCC(O)C2)ccc1C. The highest BCUT2D eigenvalue weighted by Gasteiger charge is 2.23. The fourth-order valence-electron chi connectivity index (χ4n) is 2.37. The van der Waals surface area contributed by atoms with E-state index in [9.17, 15) is 9.90 Å². The number of aliphatic hydroxyl groups is 1. The van der Waals surface area contributed by atoms with Gasteiger partial charge in [0.15, 0.2) is 0 Å². The number of likely N-dealkylation sites (tertiary alicyclic amines) is 1. The molecule has 1 heterocycles. The Hall–Kier alpha value is -1.55. The molecule has 19 heavy (non-hydrogen) atoms. The number of hydrogen-bond donors (Lipinski definition) is 1. The van der Waals surface area contributed by atoms with Gasteiger partial charge in [0.2, 0.25) is 0 Å². The Balaban J connectivity index is 2.16. The summed E-state index contributed by atoms with van der Waals surface area (Å²) in [6.45, 7) is 5.62. The van der Waals surface area contributed by atoms with Crippen LogP contribution in [0.25, 0.3) is 0 Å². The van der Waals surface area contributed by atoms with E-state index in [0.717, 1.165) is 24.2 Å². The number of aryl methyl sites for hydroxylation is 1. The highest BCUT2D eigenvalue weighted by Crippen LogP contribution is 2.21. The van der Waals surface area contributed by atoms with Crippen LogP contribution < -0.4 is 4.74 Å². The first-order chi connectivity index (χ1) is 9.11. The van der Waals surface area contributed by atoms with Crippen LogP contribution in [-0.2, 0) is 0 Å². The lowest BCUT2D eigenvalue weighted by Crippen LogP contribution is -2.42. The molecule has 1 N–H and O–H groups in total. The second-order valence-electron chi connectivity index (χ2n) is 4.96. The smallest absolute Gasteiger partial charge is 0.254 e. The third-order valence-electron chi connectivity index (χ3n) is 3.42. The summed E-state index contributed by atoms with van der Waals surface area (Å²) >= 11 is 0. The average Bonchev–Trinajstić information content (AvgIpc) is 2.41. The first-order valence-electron chi connectivity index (χ1n) is 6.82. The van der Waals surface area contributed by atoms with Gasteiger partial charge >= 0.3 is 0 Å². The molecule has 4 nitrogen and oxygen atoms in total. The van der Waals surface area contributed by atoms with E-state index in [1.54, 1.807) is 11.0 Å². The molecule has 2 rings (SSSR count). The number of β-amino-alcohol motifs (C(OH)–C–C–N with tert-alkyl or cyclic N) is 1. The fourth-order valence-corrected chi connectivity index (χ4v) is 2.37. The fraction of sp³-hybridized carbons (Fsp3) is 0.533. The van der Waals surface area contributed by atoms with Gasteiger partial charge in [-0.25, -0.2) is 0 Å². The molecule has 0 spiro atoms. The number of hydrogen-bond acceptors (Lipinski definition) is 3. The second kappa shape index (κ2) is 6.06. The minimum absolute atomic E-state index is 0.0281. The number of rotatable bonds is 3. The molecular formula is C15H21NO3. The zero-order valence-corrected chi connectivity index (χ0v) is 11.6. The molecule has 1 saturated heterocycles. The molecule has 1 aliphatic heterocycles. The Morgan fingerprint density at radius 1 is 1.53 bits per heavy atom. The van der Waals surface area contributed by atoms with E-state index in [0.29, 0.717) is 25.3 Å². The number of ether oxygens (including phenoxy) is 1. The maximum atomic E-state index is 12.4. The van der Waals surface area contributed by atoms with Crippen LogP contribution in [0.1, 0.15) is 35.7 Å². The Labute approximate surface area is 114 Å². The topological polar surface area (TPSA) is 49.8 Å². The number of carbonyl (C=O) groups is 1. The van der Waals surface area contributed by atoms with Crippen LogP contribution in [0.3, 0.4) is 0 Å². The number of amides is 1. The molecule has 1 aromatic rings. The molecule has 0 bridgehead atoms. The molecule has 0 saturated carbocycles. The van der Waals surface area contributed by atoms with Gasteiger partial charge in [0.1, 0.15) is 5.75 Å². The van der Waals surface area contributed by atoms with Crippen molar-refractivity contribution in [1.29, 1.82) is 0 Å². The van der Waals surface area contributed by atoms with Crippen molar-refractivity contribution in [3.63, 3.8) is 0 Å². The van der Waals surface area contributed by atoms with Gasteiger partial charge in [0.25, 0.3) is 5.91 Å². The standard InChI is InChI=1S/C15H21NO3/c1-3-19-14-9-12(7-6-11(14)2)15(18)16-8-4-5-13(17)10-16/h6-7,9,13,17H,3-5,8,10H2,1-2H3. The summed E-state index contributed by atoms with van der Waals surface area (Å²) in [6.07, 6.45) is 1.24. The van der Waals surface area contributed by atoms with Crippen LogP contribution in [0.5, 0.6) is 5.75 Å². The number of aliphatic hydroxyl groups excluding tert-OH is 1. The molecule has 104 valence electrons. The third kappa shape index (κ3) is 3.26. The molecule has 4 heteroatoms. The molecular weight excluding hydrogens is 242 g/mol. The van der Waals surface area contributed by atoms with Gasteiger partial charge in [-0.05, 0) is 44.4 Å². The van der Waals surface area contributed by atoms with Gasteiger partial charge in [-0.15, -0.1) is 0 Å². The van der Waals surface area contributed by atoms with Crippen molar-refractivity contribution in [2.75, 3.05) is 19.7 Å². The molecule has 0 aromatic heterocycles. The summed E-state index contributed by atoms with van der Waals surface area (Å²) in [7, 11) is 0. The van der Waals surface area contributed by atoms with Gasteiger partial charge in [-0.1, -0.05) is 6.07 Å². The molecule has 0 radical (unpaired) electrons. The van der Waals surface area contributed by atoms with Crippen LogP contribution in [0.15, 0.2) is 18.2 Å². The Morgan fingerprint density at radius 2 is 2.32 bits per heavy atom. The predicted octanol–water partition coefficient (Wildman–Crippen LogP) is 1.99. The number of benzene rings is 1. The van der Waals surface area contributed by atoms with Crippen molar-refractivity contribution in [1.82, 2.24) is 4.90 Å². The van der Waals surface area contributed by atoms with E-state index >= 15 is 0 Å². The monoisotopic (exact) mass is 263 g/mol. The largest absolute Gasteiger partial charge is 0.494 e. The summed E-state index contributed by atoms with van der Waals surface area (Å²) in [5, 5.41) is 9.64. The number of carbonyl (C=O) groups excluding carboxylic acids is 1. The van der Waals surface area contributed by atoms with Crippen molar-refractivity contribution in [2.24, 2.45) is 0 Å². The quantitative estimate of drug-likeness (QED) is 0.907. The second-order valence-corrected chi connectivity index (χ2v) is 4.96. The Morgan fingerprint density at radius 3 is 3.00 bits per heavy atom. The molecule has 1 fully saturated rings. The van der Waals surface area contributed by atoms with Gasteiger partial charge in [-0.3, -0.25) is 4.79 Å². The molecule has 1 unspecified atom stereocenters. The molecule has 0 aliphatic carbocycles. The van der Waals surface area contributed by atoms with E-state index in [1.165, 1.54) is 0 Å². The summed E-state index contributed by atoms with van der Waals surface area (Å²) in [4.78, 5) is 14.1. The van der Waals surface area contributed by atoms with Crippen molar-refractivity contribution >= 4 is 5.91 Å². The third-order valence-corrected chi connectivity index (χ3v) is 3.42. The van der Waals surface area contributed by atoms with E-state index in [1.807, 2.05) is 26.0 Å². The first kappa shape index (κ1) is 13.9. The normalized spacial score (nSPS) is 19.3. The van der Waals surface area contributed by atoms with E-state index in [-0.39, 0.29) is 5.91 Å². The van der Waals surface area contributed by atoms with Crippen molar-refractivity contribution in [3.05, 3.63) is 29.3 Å². The molecule has 1 aromatic carbocycles. The lowest BCUT2D eigenvalue weighted by atomic mass is 10.1. The highest BCUT2D eigenvalue weighted by atomic mass is 16.5. The molecule has 1 atom stereocenters. The maximum absolute atomic E-state index is 12.4. The predicted molar refractivity (Wildman–Crippen MR) is 73.5 cm³/mol. The van der Waals surface area contributed by atoms with E-state index < -0.39 is 6.10 Å². The van der Waals surface area contributed by atoms with Crippen LogP contribution >= 0.6 is 0 Å². The minimum atomic E-state index is -0.394. The van der Waals surface area contributed by atoms with Crippen LogP contribution in [0.4, 0.5) is 0 Å². The summed E-state index contributed by atoms with van der Waals surface area (Å²) in [5.41, 5.74) is 1.65. The van der Waals surface area contributed by atoms with Crippen LogP contribution in [0, 0.1) is 6.92 Å². The Bertz CT molecular complexity index is 459. The van der Waals surface area contributed by atoms with Crippen LogP contribution in [0.2, 0.25) is 0 Å². The molecule has 1 amide bonds. The summed E-state index contributed by atoms with van der Waals surface area (Å²) in [5.74, 6) is 0.727. The first-order valence-corrected chi connectivity index (χ1v) is 6.82. The number of nitrogens with zero attached hydrogens (tertiary/aromatic N) is 1. The van der Waals surface area contributed by atoms with E-state index in [2.05, 4.69) is 0 Å². The average molecular weight is 263 g/mol. The van der Waals surface area contributed by atoms with Gasteiger partial charge in [-0.2, -0.15) is 0 Å².